The predicted molar refractivity (Wildman–Crippen MR) is 75.5 cm³/mol. The third kappa shape index (κ3) is 4.70. The fraction of sp³-hybridized carbons (Fsp3) is 0.538. The van der Waals surface area contributed by atoms with Crippen molar-refractivity contribution in [1.29, 1.82) is 0 Å². The lowest BCUT2D eigenvalue weighted by molar-refractivity contribution is 0.0500. The van der Waals surface area contributed by atoms with Gasteiger partial charge in [0.05, 0.1) is 0 Å². The Morgan fingerprint density at radius 1 is 1.24 bits per heavy atom. The number of benzene rings is 1. The second-order valence-electron chi connectivity index (χ2n) is 5.02. The van der Waals surface area contributed by atoms with Crippen molar-refractivity contribution in [3.63, 3.8) is 0 Å². The maximum atomic E-state index is 6.43. The molecular weight excluding hydrogens is 252 g/mol. The van der Waals surface area contributed by atoms with Crippen LogP contribution in [0.3, 0.4) is 0 Å². The number of ether oxygens (including phenoxy) is 2. The Kier molecular flexibility index (Phi) is 5.04. The Morgan fingerprint density at radius 2 is 1.88 bits per heavy atom. The lowest BCUT2D eigenvalue weighted by atomic mass is 10.1. The number of hydrogen-bond acceptors (Lipinski definition) is 2. The molecule has 0 unspecified atom stereocenters. The van der Waals surface area contributed by atoms with E-state index < -0.39 is 7.38 Å². The average molecular weight is 273 g/mol. The zero-order chi connectivity index (χ0) is 13.1. The van der Waals surface area contributed by atoms with Gasteiger partial charge < -0.3 is 9.47 Å². The molecule has 0 radical (unpaired) electrons. The van der Waals surface area contributed by atoms with Crippen molar-refractivity contribution in [3.05, 3.63) is 28.8 Å². The van der Waals surface area contributed by atoms with Crippen molar-refractivity contribution in [2.75, 3.05) is 13.9 Å². The molecular formula is C13H21ClO2Si. The summed E-state index contributed by atoms with van der Waals surface area (Å²) in [4.78, 5) is 0. The lowest BCUT2D eigenvalue weighted by Gasteiger charge is -2.19. The molecule has 0 fully saturated rings. The van der Waals surface area contributed by atoms with E-state index in [0.717, 1.165) is 17.4 Å². The second kappa shape index (κ2) is 5.89. The van der Waals surface area contributed by atoms with Crippen molar-refractivity contribution in [1.82, 2.24) is 0 Å². The van der Waals surface area contributed by atoms with Crippen LogP contribution in [0.4, 0.5) is 0 Å². The van der Waals surface area contributed by atoms with Crippen LogP contribution >= 0.6 is 11.1 Å². The third-order valence-corrected chi connectivity index (χ3v) is 4.05. The van der Waals surface area contributed by atoms with Crippen LogP contribution in [-0.2, 0) is 10.8 Å². The minimum absolute atomic E-state index is 0.279. The summed E-state index contributed by atoms with van der Waals surface area (Å²) in [5.74, 6) is 0.929. The van der Waals surface area contributed by atoms with Gasteiger partial charge in [0.15, 0.2) is 14.2 Å². The summed E-state index contributed by atoms with van der Waals surface area (Å²) in [6.07, 6.45) is 0. The van der Waals surface area contributed by atoms with Crippen LogP contribution < -0.4 is 4.74 Å². The second-order valence-corrected chi connectivity index (χ2v) is 11.9. The van der Waals surface area contributed by atoms with Crippen molar-refractivity contribution in [2.45, 2.75) is 33.0 Å². The van der Waals surface area contributed by atoms with Crippen LogP contribution in [0.15, 0.2) is 12.1 Å². The Labute approximate surface area is 110 Å². The molecule has 0 amide bonds. The van der Waals surface area contributed by atoms with E-state index in [2.05, 4.69) is 39.1 Å². The molecule has 0 aromatic heterocycles. The smallest absolute Gasteiger partial charge is 0.188 e. The Bertz CT molecular complexity index is 386. The molecule has 1 aromatic rings. The van der Waals surface area contributed by atoms with E-state index in [0.29, 0.717) is 0 Å². The summed E-state index contributed by atoms with van der Waals surface area (Å²) in [6, 6.07) is 5.20. The van der Waals surface area contributed by atoms with Crippen LogP contribution in [0.1, 0.15) is 16.7 Å². The van der Waals surface area contributed by atoms with Gasteiger partial charge in [0.25, 0.3) is 0 Å². The molecule has 0 atom stereocenters. The highest BCUT2D eigenvalue weighted by Gasteiger charge is 2.21. The first-order valence-electron chi connectivity index (χ1n) is 5.74. The van der Waals surface area contributed by atoms with Gasteiger partial charge in [0.1, 0.15) is 5.75 Å². The van der Waals surface area contributed by atoms with E-state index in [1.807, 2.05) is 0 Å². The van der Waals surface area contributed by atoms with Gasteiger partial charge in [-0.15, -0.1) is 0 Å². The maximum absolute atomic E-state index is 6.43. The monoisotopic (exact) mass is 272 g/mol. The van der Waals surface area contributed by atoms with E-state index in [1.54, 1.807) is 7.11 Å². The molecule has 0 aliphatic heterocycles. The highest BCUT2D eigenvalue weighted by molar-refractivity contribution is 7.18. The summed E-state index contributed by atoms with van der Waals surface area (Å²) in [5, 5.41) is 0. The fourth-order valence-corrected chi connectivity index (χ4v) is 3.55. The van der Waals surface area contributed by atoms with Gasteiger partial charge in [-0.05, 0) is 31.0 Å². The zero-order valence-electron chi connectivity index (χ0n) is 11.3. The molecule has 0 aliphatic rings. The van der Waals surface area contributed by atoms with E-state index in [4.69, 9.17) is 20.6 Å². The first-order chi connectivity index (χ1) is 7.83. The van der Waals surface area contributed by atoms with Crippen LogP contribution in [-0.4, -0.2) is 21.3 Å². The van der Waals surface area contributed by atoms with Gasteiger partial charge in [-0.3, -0.25) is 0 Å². The van der Waals surface area contributed by atoms with Gasteiger partial charge >= 0.3 is 0 Å². The topological polar surface area (TPSA) is 18.5 Å². The van der Waals surface area contributed by atoms with Crippen molar-refractivity contribution in [3.8, 4) is 5.75 Å². The van der Waals surface area contributed by atoms with Crippen LogP contribution in [0.5, 0.6) is 5.75 Å². The number of hydrogen-bond donors (Lipinski definition) is 0. The molecule has 0 N–H and O–H groups in total. The molecule has 1 aromatic carbocycles. The summed E-state index contributed by atoms with van der Waals surface area (Å²) in [6.45, 7) is 8.73. The largest absolute Gasteiger partial charge is 0.467 e. The number of halogens is 1. The molecule has 0 spiro atoms. The Balaban J connectivity index is 3.06. The molecule has 0 saturated carbocycles. The Morgan fingerprint density at radius 3 is 2.41 bits per heavy atom. The van der Waals surface area contributed by atoms with Gasteiger partial charge in [-0.2, -0.15) is 11.1 Å². The van der Waals surface area contributed by atoms with Crippen LogP contribution in [0.2, 0.25) is 13.1 Å². The normalized spacial score (nSPS) is 11.6. The molecule has 96 valence electrons. The summed E-state index contributed by atoms with van der Waals surface area (Å²) in [7, 11) is -0.0347. The molecule has 0 heterocycles. The highest BCUT2D eigenvalue weighted by Crippen LogP contribution is 2.29. The van der Waals surface area contributed by atoms with Gasteiger partial charge in [-0.1, -0.05) is 30.8 Å². The van der Waals surface area contributed by atoms with Gasteiger partial charge in [-0.25, -0.2) is 0 Å². The number of aryl methyl sites for hydroxylation is 2. The quantitative estimate of drug-likeness (QED) is 0.461. The predicted octanol–water partition coefficient (Wildman–Crippen LogP) is 3.81. The summed E-state index contributed by atoms with van der Waals surface area (Å²) < 4.78 is 10.6. The van der Waals surface area contributed by atoms with E-state index >= 15 is 0 Å². The lowest BCUT2D eigenvalue weighted by Crippen LogP contribution is -2.21. The zero-order valence-corrected chi connectivity index (χ0v) is 13.0. The fourth-order valence-electron chi connectivity index (χ4n) is 1.95. The molecule has 0 bridgehead atoms. The van der Waals surface area contributed by atoms with Gasteiger partial charge in [0, 0.05) is 7.11 Å². The number of methoxy groups -OCH3 is 1. The SMILES string of the molecule is COCOc1c(C)cc(C)cc1C[Si](C)(C)Cl. The first-order valence-corrected chi connectivity index (χ1v) is 9.96. The number of rotatable bonds is 5. The van der Waals surface area contributed by atoms with E-state index in [1.165, 1.54) is 11.1 Å². The summed E-state index contributed by atoms with van der Waals surface area (Å²) >= 11 is 6.43. The Hall–Kier alpha value is -0.513. The first kappa shape index (κ1) is 14.5. The average Bonchev–Trinajstić information content (AvgIpc) is 2.13. The van der Waals surface area contributed by atoms with Crippen LogP contribution in [0.25, 0.3) is 0 Å². The van der Waals surface area contributed by atoms with Crippen molar-refractivity contribution >= 4 is 18.5 Å². The van der Waals surface area contributed by atoms with E-state index in [-0.39, 0.29) is 6.79 Å². The molecule has 2 nitrogen and oxygen atoms in total. The summed E-state index contributed by atoms with van der Waals surface area (Å²) in [5.41, 5.74) is 3.59. The molecule has 0 aliphatic carbocycles. The standard InChI is InChI=1S/C13H21ClO2Si/c1-10-6-11(2)13(16-9-15-3)12(7-10)8-17(4,5)14/h6-7H,8-9H2,1-5H3. The molecule has 0 saturated heterocycles. The van der Waals surface area contributed by atoms with Crippen molar-refractivity contribution < 1.29 is 9.47 Å². The molecule has 4 heteroatoms. The molecule has 1 rings (SSSR count). The minimum atomic E-state index is -1.66. The highest BCUT2D eigenvalue weighted by atomic mass is 35.6. The van der Waals surface area contributed by atoms with Crippen molar-refractivity contribution in [2.24, 2.45) is 0 Å². The maximum Gasteiger partial charge on any atom is 0.188 e. The minimum Gasteiger partial charge on any atom is -0.467 e. The van der Waals surface area contributed by atoms with E-state index in [9.17, 15) is 0 Å². The third-order valence-electron chi connectivity index (χ3n) is 2.43. The molecule has 17 heavy (non-hydrogen) atoms. The van der Waals surface area contributed by atoms with Crippen LogP contribution in [0, 0.1) is 13.8 Å². The van der Waals surface area contributed by atoms with Gasteiger partial charge in [0.2, 0.25) is 0 Å².